The predicted octanol–water partition coefficient (Wildman–Crippen LogP) is 1.60. The van der Waals surface area contributed by atoms with Crippen molar-refractivity contribution in [2.24, 2.45) is 0 Å². The molecular formula is C15H14F4N4O2. The van der Waals surface area contributed by atoms with Crippen molar-refractivity contribution >= 4 is 5.91 Å². The molecule has 1 amide bonds. The summed E-state index contributed by atoms with van der Waals surface area (Å²) in [5, 5.41) is 17.4. The summed E-state index contributed by atoms with van der Waals surface area (Å²) >= 11 is 0. The summed E-state index contributed by atoms with van der Waals surface area (Å²) in [4.78, 5) is 13.0. The molecule has 0 radical (unpaired) electrons. The number of amides is 1. The van der Waals surface area contributed by atoms with Crippen LogP contribution in [-0.4, -0.2) is 49.2 Å². The van der Waals surface area contributed by atoms with Crippen molar-refractivity contribution in [1.82, 2.24) is 19.9 Å². The summed E-state index contributed by atoms with van der Waals surface area (Å²) in [6, 6.07) is 5.50. The van der Waals surface area contributed by atoms with E-state index in [0.29, 0.717) is 24.0 Å². The Bertz CT molecular complexity index is 799. The summed E-state index contributed by atoms with van der Waals surface area (Å²) in [5.41, 5.74) is -1.95. The number of carbonyl (C=O) groups is 1. The minimum Gasteiger partial charge on any atom is -0.373 e. The molecule has 1 aliphatic heterocycles. The fraction of sp³-hybridized carbons (Fsp3) is 0.400. The molecule has 10 heteroatoms. The topological polar surface area (TPSA) is 71.2 Å². The standard InChI is InChI=1S/C15H14F4N4O2/c1-14(25,15(17,18)19)13(24)22-7-6-12-11(8-22)20-21-23(12)10-4-2-9(16)3-5-10/h2-5,25H,6-8H2,1H3/t14-/m1/s1. The van der Waals surface area contributed by atoms with Crippen LogP contribution in [0.2, 0.25) is 0 Å². The van der Waals surface area contributed by atoms with E-state index in [2.05, 4.69) is 10.3 Å². The van der Waals surface area contributed by atoms with Crippen LogP contribution >= 0.6 is 0 Å². The van der Waals surface area contributed by atoms with Crippen LogP contribution in [0.3, 0.4) is 0 Å². The Balaban J connectivity index is 1.84. The first kappa shape index (κ1) is 17.3. The van der Waals surface area contributed by atoms with E-state index in [1.54, 1.807) is 0 Å². The predicted molar refractivity (Wildman–Crippen MR) is 77.1 cm³/mol. The van der Waals surface area contributed by atoms with Crippen LogP contribution in [0.25, 0.3) is 5.69 Å². The van der Waals surface area contributed by atoms with Gasteiger partial charge in [-0.3, -0.25) is 4.79 Å². The number of benzene rings is 1. The van der Waals surface area contributed by atoms with Crippen molar-refractivity contribution in [3.63, 3.8) is 0 Å². The van der Waals surface area contributed by atoms with E-state index in [-0.39, 0.29) is 19.5 Å². The Morgan fingerprint density at radius 2 is 1.88 bits per heavy atom. The molecule has 2 heterocycles. The zero-order chi connectivity index (χ0) is 18.4. The Labute approximate surface area is 139 Å². The molecule has 0 aliphatic carbocycles. The fourth-order valence-electron chi connectivity index (χ4n) is 2.60. The maximum absolute atomic E-state index is 13.0. The first-order chi connectivity index (χ1) is 11.6. The van der Waals surface area contributed by atoms with Gasteiger partial charge in [0, 0.05) is 13.0 Å². The normalized spacial score (nSPS) is 17.1. The molecule has 0 unspecified atom stereocenters. The Morgan fingerprint density at radius 3 is 2.48 bits per heavy atom. The lowest BCUT2D eigenvalue weighted by molar-refractivity contribution is -0.250. The minimum absolute atomic E-state index is 0.0212. The monoisotopic (exact) mass is 358 g/mol. The number of nitrogens with zero attached hydrogens (tertiary/aromatic N) is 4. The lowest BCUT2D eigenvalue weighted by Crippen LogP contribution is -2.56. The number of hydrogen-bond acceptors (Lipinski definition) is 4. The van der Waals surface area contributed by atoms with E-state index >= 15 is 0 Å². The highest BCUT2D eigenvalue weighted by Gasteiger charge is 2.57. The minimum atomic E-state index is -5.07. The SMILES string of the molecule is C[C@@](O)(C(=O)N1CCc2c(nnn2-c2ccc(F)cc2)C1)C(F)(F)F. The number of rotatable bonds is 2. The molecule has 1 aliphatic rings. The van der Waals surface area contributed by atoms with Gasteiger partial charge in [0.25, 0.3) is 5.91 Å². The van der Waals surface area contributed by atoms with Gasteiger partial charge in [-0.15, -0.1) is 5.10 Å². The molecule has 0 fully saturated rings. The number of halogens is 4. The van der Waals surface area contributed by atoms with Crippen LogP contribution in [0.4, 0.5) is 17.6 Å². The number of aliphatic hydroxyl groups is 1. The molecule has 1 N–H and O–H groups in total. The lowest BCUT2D eigenvalue weighted by Gasteiger charge is -2.33. The van der Waals surface area contributed by atoms with E-state index < -0.39 is 23.5 Å². The molecule has 1 aromatic carbocycles. The highest BCUT2D eigenvalue weighted by Crippen LogP contribution is 2.33. The van der Waals surface area contributed by atoms with Crippen LogP contribution in [0.5, 0.6) is 0 Å². The fourth-order valence-corrected chi connectivity index (χ4v) is 2.60. The zero-order valence-electron chi connectivity index (χ0n) is 13.1. The molecule has 1 aromatic heterocycles. The van der Waals surface area contributed by atoms with Gasteiger partial charge in [0.15, 0.2) is 0 Å². The second-order valence-corrected chi connectivity index (χ2v) is 5.92. The number of carbonyl (C=O) groups excluding carboxylic acids is 1. The molecular weight excluding hydrogens is 344 g/mol. The third-order valence-corrected chi connectivity index (χ3v) is 4.13. The van der Waals surface area contributed by atoms with Crippen LogP contribution < -0.4 is 0 Å². The molecule has 3 rings (SSSR count). The van der Waals surface area contributed by atoms with E-state index in [1.165, 1.54) is 28.9 Å². The van der Waals surface area contributed by atoms with Crippen molar-refractivity contribution in [2.75, 3.05) is 6.54 Å². The first-order valence-electron chi connectivity index (χ1n) is 7.39. The maximum atomic E-state index is 13.0. The Morgan fingerprint density at radius 1 is 1.24 bits per heavy atom. The molecule has 1 atom stereocenters. The van der Waals surface area contributed by atoms with Crippen LogP contribution in [0, 0.1) is 5.82 Å². The lowest BCUT2D eigenvalue weighted by atomic mass is 10.0. The molecule has 134 valence electrons. The molecule has 25 heavy (non-hydrogen) atoms. The van der Waals surface area contributed by atoms with Crippen molar-refractivity contribution in [3.8, 4) is 5.69 Å². The van der Waals surface area contributed by atoms with Gasteiger partial charge >= 0.3 is 6.18 Å². The number of hydrogen-bond donors (Lipinski definition) is 1. The Hall–Kier alpha value is -2.49. The van der Waals surface area contributed by atoms with Gasteiger partial charge in [0.2, 0.25) is 5.60 Å². The van der Waals surface area contributed by atoms with Gasteiger partial charge in [-0.1, -0.05) is 5.21 Å². The quantitative estimate of drug-likeness (QED) is 0.828. The van der Waals surface area contributed by atoms with Crippen molar-refractivity contribution in [2.45, 2.75) is 31.7 Å². The number of fused-ring (bicyclic) bond motifs is 1. The summed E-state index contributed by atoms with van der Waals surface area (Å²) in [5.74, 6) is -1.84. The van der Waals surface area contributed by atoms with Gasteiger partial charge in [-0.25, -0.2) is 9.07 Å². The molecule has 6 nitrogen and oxygen atoms in total. The summed E-state index contributed by atoms with van der Waals surface area (Å²) in [6.07, 6.45) is -4.87. The number of alkyl halides is 3. The first-order valence-corrected chi connectivity index (χ1v) is 7.39. The van der Waals surface area contributed by atoms with Gasteiger partial charge in [0.05, 0.1) is 17.9 Å². The second kappa shape index (κ2) is 5.80. The van der Waals surface area contributed by atoms with Gasteiger partial charge in [-0.05, 0) is 31.2 Å². The van der Waals surface area contributed by atoms with E-state index in [4.69, 9.17) is 0 Å². The van der Waals surface area contributed by atoms with Gasteiger partial charge in [0.1, 0.15) is 11.5 Å². The Kier molecular flexibility index (Phi) is 4.02. The second-order valence-electron chi connectivity index (χ2n) is 5.92. The highest BCUT2D eigenvalue weighted by molar-refractivity contribution is 5.85. The zero-order valence-corrected chi connectivity index (χ0v) is 13.1. The number of aromatic nitrogens is 3. The average molecular weight is 358 g/mol. The third-order valence-electron chi connectivity index (χ3n) is 4.13. The van der Waals surface area contributed by atoms with Gasteiger partial charge < -0.3 is 10.0 Å². The van der Waals surface area contributed by atoms with Crippen LogP contribution in [-0.2, 0) is 17.8 Å². The molecule has 2 aromatic rings. The van der Waals surface area contributed by atoms with E-state index in [1.807, 2.05) is 0 Å². The van der Waals surface area contributed by atoms with Crippen molar-refractivity contribution in [1.29, 1.82) is 0 Å². The summed E-state index contributed by atoms with van der Waals surface area (Å²) in [6.45, 7) is 0.217. The van der Waals surface area contributed by atoms with E-state index in [9.17, 15) is 27.5 Å². The highest BCUT2D eigenvalue weighted by atomic mass is 19.4. The maximum Gasteiger partial charge on any atom is 0.426 e. The van der Waals surface area contributed by atoms with Gasteiger partial charge in [-0.2, -0.15) is 13.2 Å². The van der Waals surface area contributed by atoms with Crippen molar-refractivity contribution in [3.05, 3.63) is 41.5 Å². The summed E-state index contributed by atoms with van der Waals surface area (Å²) < 4.78 is 53.0. The van der Waals surface area contributed by atoms with Crippen molar-refractivity contribution < 1.29 is 27.5 Å². The molecule has 0 bridgehead atoms. The van der Waals surface area contributed by atoms with E-state index in [0.717, 1.165) is 4.90 Å². The summed E-state index contributed by atoms with van der Waals surface area (Å²) in [7, 11) is 0. The average Bonchev–Trinajstić information content (AvgIpc) is 2.97. The van der Waals surface area contributed by atoms with Crippen LogP contribution in [0.1, 0.15) is 18.3 Å². The molecule has 0 spiro atoms. The third kappa shape index (κ3) is 2.97. The van der Waals surface area contributed by atoms with Crippen LogP contribution in [0.15, 0.2) is 24.3 Å². The molecule has 0 saturated heterocycles. The molecule has 0 saturated carbocycles. The largest absolute Gasteiger partial charge is 0.426 e. The smallest absolute Gasteiger partial charge is 0.373 e.